The SMILES string of the molecule is COc1ccc(-c2nn(CCNS(=O)(=O)c3ccccc3OC)c(=O)n2C)cc1. The van der Waals surface area contributed by atoms with Crippen LogP contribution >= 0.6 is 0 Å². The maximum Gasteiger partial charge on any atom is 0.345 e. The van der Waals surface area contributed by atoms with Crippen LogP contribution in [0.2, 0.25) is 0 Å². The highest BCUT2D eigenvalue weighted by Crippen LogP contribution is 2.22. The Labute approximate surface area is 168 Å². The third kappa shape index (κ3) is 4.33. The van der Waals surface area contributed by atoms with Crippen molar-refractivity contribution in [3.8, 4) is 22.9 Å². The van der Waals surface area contributed by atoms with Crippen molar-refractivity contribution in [2.24, 2.45) is 7.05 Å². The number of rotatable bonds is 8. The first kappa shape index (κ1) is 20.6. The zero-order valence-electron chi connectivity index (χ0n) is 16.3. The molecule has 3 rings (SSSR count). The van der Waals surface area contributed by atoms with E-state index >= 15 is 0 Å². The number of aromatic nitrogens is 3. The van der Waals surface area contributed by atoms with E-state index < -0.39 is 10.0 Å². The summed E-state index contributed by atoms with van der Waals surface area (Å²) in [6.07, 6.45) is 0. The van der Waals surface area contributed by atoms with Crippen LogP contribution in [0.1, 0.15) is 0 Å². The van der Waals surface area contributed by atoms with Crippen LogP contribution in [0.3, 0.4) is 0 Å². The van der Waals surface area contributed by atoms with Crippen molar-refractivity contribution in [3.63, 3.8) is 0 Å². The molecule has 0 amide bonds. The molecule has 1 N–H and O–H groups in total. The van der Waals surface area contributed by atoms with E-state index in [1.807, 2.05) is 0 Å². The third-order valence-corrected chi connectivity index (χ3v) is 5.86. The van der Waals surface area contributed by atoms with Crippen LogP contribution in [0.15, 0.2) is 58.2 Å². The highest BCUT2D eigenvalue weighted by atomic mass is 32.2. The van der Waals surface area contributed by atoms with E-state index in [-0.39, 0.29) is 29.4 Å². The molecular weight excluding hydrogens is 396 g/mol. The van der Waals surface area contributed by atoms with E-state index in [0.29, 0.717) is 11.6 Å². The minimum atomic E-state index is -3.79. The van der Waals surface area contributed by atoms with Gasteiger partial charge in [0.15, 0.2) is 5.82 Å². The molecule has 0 fully saturated rings. The number of ether oxygens (including phenoxy) is 2. The molecule has 0 aliphatic heterocycles. The highest BCUT2D eigenvalue weighted by molar-refractivity contribution is 7.89. The largest absolute Gasteiger partial charge is 0.497 e. The van der Waals surface area contributed by atoms with Crippen molar-refractivity contribution >= 4 is 10.0 Å². The summed E-state index contributed by atoms with van der Waals surface area (Å²) in [5.74, 6) is 1.42. The average Bonchev–Trinajstić information content (AvgIpc) is 3.02. The van der Waals surface area contributed by atoms with Gasteiger partial charge in [-0.25, -0.2) is 22.6 Å². The van der Waals surface area contributed by atoms with Gasteiger partial charge in [0.05, 0.1) is 20.8 Å². The molecule has 0 unspecified atom stereocenters. The topological polar surface area (TPSA) is 104 Å². The molecule has 3 aromatic rings. The normalized spacial score (nSPS) is 11.4. The van der Waals surface area contributed by atoms with Gasteiger partial charge in [-0.15, -0.1) is 5.10 Å². The second-order valence-corrected chi connectivity index (χ2v) is 7.90. The van der Waals surface area contributed by atoms with Crippen molar-refractivity contribution in [1.82, 2.24) is 19.1 Å². The number of hydrogen-bond acceptors (Lipinski definition) is 6. The van der Waals surface area contributed by atoms with Crippen LogP contribution in [0, 0.1) is 0 Å². The maximum absolute atomic E-state index is 12.5. The Balaban J connectivity index is 1.75. The lowest BCUT2D eigenvalue weighted by Crippen LogP contribution is -2.32. The third-order valence-electron chi connectivity index (χ3n) is 4.36. The zero-order chi connectivity index (χ0) is 21.0. The summed E-state index contributed by atoms with van der Waals surface area (Å²) in [6, 6.07) is 13.5. The van der Waals surface area contributed by atoms with E-state index in [1.165, 1.54) is 22.4 Å². The smallest absolute Gasteiger partial charge is 0.345 e. The fourth-order valence-electron chi connectivity index (χ4n) is 2.83. The zero-order valence-corrected chi connectivity index (χ0v) is 17.1. The molecule has 29 heavy (non-hydrogen) atoms. The first-order valence-corrected chi connectivity index (χ1v) is 10.3. The Morgan fingerprint density at radius 2 is 1.72 bits per heavy atom. The van der Waals surface area contributed by atoms with Gasteiger partial charge in [0, 0.05) is 19.2 Å². The van der Waals surface area contributed by atoms with Crippen molar-refractivity contribution in [2.45, 2.75) is 11.4 Å². The Bertz CT molecular complexity index is 1150. The van der Waals surface area contributed by atoms with Gasteiger partial charge < -0.3 is 9.47 Å². The van der Waals surface area contributed by atoms with Crippen LogP contribution in [0.25, 0.3) is 11.4 Å². The van der Waals surface area contributed by atoms with Gasteiger partial charge >= 0.3 is 5.69 Å². The Kier molecular flexibility index (Phi) is 6.04. The lowest BCUT2D eigenvalue weighted by atomic mass is 10.2. The first-order valence-electron chi connectivity index (χ1n) is 8.78. The second kappa shape index (κ2) is 8.50. The van der Waals surface area contributed by atoms with Gasteiger partial charge in [-0.1, -0.05) is 12.1 Å². The number of para-hydroxylation sites is 1. The van der Waals surface area contributed by atoms with Gasteiger partial charge in [-0.3, -0.25) is 4.57 Å². The minimum absolute atomic E-state index is 0.000640. The monoisotopic (exact) mass is 418 g/mol. The molecule has 9 nitrogen and oxygen atoms in total. The van der Waals surface area contributed by atoms with Crippen molar-refractivity contribution in [1.29, 1.82) is 0 Å². The maximum atomic E-state index is 12.5. The number of nitrogens with zero attached hydrogens (tertiary/aromatic N) is 3. The molecular formula is C19H22N4O5S. The molecule has 0 aliphatic rings. The predicted octanol–water partition coefficient (Wildman–Crippen LogP) is 1.24. The summed E-state index contributed by atoms with van der Waals surface area (Å²) in [5, 5.41) is 4.33. The van der Waals surface area contributed by atoms with E-state index in [2.05, 4.69) is 9.82 Å². The average molecular weight is 418 g/mol. The molecule has 0 saturated heterocycles. The molecule has 0 bridgehead atoms. The van der Waals surface area contributed by atoms with Gasteiger partial charge in [0.1, 0.15) is 16.4 Å². The molecule has 0 saturated carbocycles. The highest BCUT2D eigenvalue weighted by Gasteiger charge is 2.19. The summed E-state index contributed by atoms with van der Waals surface area (Å²) >= 11 is 0. The number of methoxy groups -OCH3 is 2. The first-order chi connectivity index (χ1) is 13.9. The van der Waals surface area contributed by atoms with Gasteiger partial charge in [-0.05, 0) is 36.4 Å². The van der Waals surface area contributed by atoms with E-state index in [1.54, 1.807) is 56.6 Å². The summed E-state index contributed by atoms with van der Waals surface area (Å²) in [5.41, 5.74) is 0.408. The van der Waals surface area contributed by atoms with Crippen LogP contribution in [-0.2, 0) is 23.6 Å². The lowest BCUT2D eigenvalue weighted by molar-refractivity contribution is 0.402. The number of hydrogen-bond donors (Lipinski definition) is 1. The number of benzene rings is 2. The van der Waals surface area contributed by atoms with Crippen LogP contribution in [-0.4, -0.2) is 43.5 Å². The molecule has 0 radical (unpaired) electrons. The minimum Gasteiger partial charge on any atom is -0.497 e. The van der Waals surface area contributed by atoms with E-state index in [4.69, 9.17) is 9.47 Å². The van der Waals surface area contributed by atoms with E-state index in [0.717, 1.165) is 5.56 Å². The van der Waals surface area contributed by atoms with Crippen molar-refractivity contribution in [2.75, 3.05) is 20.8 Å². The van der Waals surface area contributed by atoms with E-state index in [9.17, 15) is 13.2 Å². The lowest BCUT2D eigenvalue weighted by Gasteiger charge is -2.10. The Morgan fingerprint density at radius 3 is 2.38 bits per heavy atom. The standard InChI is InChI=1S/C19H22N4O5S/c1-22-18(14-8-10-15(27-2)11-9-14)21-23(19(22)24)13-12-20-29(25,26)17-7-5-4-6-16(17)28-3/h4-11,20H,12-13H2,1-3H3. The summed E-state index contributed by atoms with van der Waals surface area (Å²) in [4.78, 5) is 12.5. The summed E-state index contributed by atoms with van der Waals surface area (Å²) < 4.78 is 40.4. The fourth-order valence-corrected chi connectivity index (χ4v) is 4.02. The second-order valence-electron chi connectivity index (χ2n) is 6.17. The predicted molar refractivity (Wildman–Crippen MR) is 108 cm³/mol. The molecule has 0 aliphatic carbocycles. The molecule has 0 atom stereocenters. The van der Waals surface area contributed by atoms with Gasteiger partial charge in [-0.2, -0.15) is 0 Å². The van der Waals surface area contributed by atoms with Crippen molar-refractivity contribution in [3.05, 3.63) is 59.0 Å². The molecule has 154 valence electrons. The van der Waals surface area contributed by atoms with Crippen LogP contribution in [0.4, 0.5) is 0 Å². The molecule has 1 aromatic heterocycles. The molecule has 1 heterocycles. The molecule has 10 heteroatoms. The fraction of sp³-hybridized carbons (Fsp3) is 0.263. The van der Waals surface area contributed by atoms with Gasteiger partial charge in [0.2, 0.25) is 10.0 Å². The Hall–Kier alpha value is -3.11. The van der Waals surface area contributed by atoms with Crippen LogP contribution < -0.4 is 19.9 Å². The van der Waals surface area contributed by atoms with Crippen LogP contribution in [0.5, 0.6) is 11.5 Å². The molecule has 0 spiro atoms. The molecule has 2 aromatic carbocycles. The van der Waals surface area contributed by atoms with Crippen molar-refractivity contribution < 1.29 is 17.9 Å². The summed E-state index contributed by atoms with van der Waals surface area (Å²) in [6.45, 7) is 0.0799. The quantitative estimate of drug-likeness (QED) is 0.590. The summed E-state index contributed by atoms with van der Waals surface area (Å²) in [7, 11) is 0.808. The Morgan fingerprint density at radius 1 is 1.03 bits per heavy atom. The van der Waals surface area contributed by atoms with Gasteiger partial charge in [0.25, 0.3) is 0 Å². The number of sulfonamides is 1. The number of nitrogens with one attached hydrogen (secondary N) is 1.